The second kappa shape index (κ2) is 8.70. The molecule has 0 radical (unpaired) electrons. The Kier molecular flexibility index (Phi) is 5.50. The van der Waals surface area contributed by atoms with Gasteiger partial charge in [0.1, 0.15) is 0 Å². The smallest absolute Gasteiger partial charge is 0.0958 e. The zero-order chi connectivity index (χ0) is 24.1. The van der Waals surface area contributed by atoms with Gasteiger partial charge in [-0.05, 0) is 65.3 Å². The predicted octanol–water partition coefficient (Wildman–Crippen LogP) is 6.60. The van der Waals surface area contributed by atoms with E-state index in [1.54, 1.807) is 0 Å². The normalized spacial score (nSPS) is 25.4. The molecule has 0 spiro atoms. The monoisotopic (exact) mass is 459 g/mol. The van der Waals surface area contributed by atoms with Crippen LogP contribution in [0, 0.1) is 17.2 Å². The van der Waals surface area contributed by atoms with Gasteiger partial charge in [0.25, 0.3) is 0 Å². The third-order valence-electron chi connectivity index (χ3n) is 8.45. The van der Waals surface area contributed by atoms with Crippen LogP contribution in [0.5, 0.6) is 0 Å². The van der Waals surface area contributed by atoms with Gasteiger partial charge in [-0.3, -0.25) is 0 Å². The lowest BCUT2D eigenvalue weighted by Gasteiger charge is -2.40. The van der Waals surface area contributed by atoms with Crippen LogP contribution in [0.4, 0.5) is 5.69 Å². The first kappa shape index (κ1) is 22.1. The first-order valence-corrected chi connectivity index (χ1v) is 13.0. The largest absolute Gasteiger partial charge is 0.360 e. The molecule has 6 rings (SSSR count). The molecule has 0 bridgehead atoms. The molecule has 3 heteroatoms. The Morgan fingerprint density at radius 3 is 2.74 bits per heavy atom. The molecule has 2 aliphatic heterocycles. The summed E-state index contributed by atoms with van der Waals surface area (Å²) in [7, 11) is 0. The van der Waals surface area contributed by atoms with Crippen molar-refractivity contribution in [2.75, 3.05) is 11.4 Å². The molecule has 2 aromatic carbocycles. The molecule has 0 aromatic heterocycles. The van der Waals surface area contributed by atoms with Crippen molar-refractivity contribution in [3.05, 3.63) is 106 Å². The third-order valence-corrected chi connectivity index (χ3v) is 8.45. The minimum absolute atomic E-state index is 0.107. The maximum absolute atomic E-state index is 9.42. The van der Waals surface area contributed by atoms with Crippen molar-refractivity contribution < 1.29 is 0 Å². The van der Waals surface area contributed by atoms with Crippen LogP contribution in [0.15, 0.2) is 78.4 Å². The Morgan fingerprint density at radius 2 is 1.97 bits per heavy atom. The number of para-hydroxylation sites is 1. The molecule has 176 valence electrons. The van der Waals surface area contributed by atoms with Crippen molar-refractivity contribution in [3.8, 4) is 6.07 Å². The number of nitriles is 1. The number of hydrogen-bond donors (Lipinski definition) is 1. The van der Waals surface area contributed by atoms with Gasteiger partial charge in [-0.1, -0.05) is 74.6 Å². The van der Waals surface area contributed by atoms with Gasteiger partial charge in [-0.2, -0.15) is 5.26 Å². The maximum Gasteiger partial charge on any atom is 0.0958 e. The average Bonchev–Trinajstić information content (AvgIpc) is 3.35. The fraction of sp³-hybridized carbons (Fsp3) is 0.344. The molecule has 4 aliphatic rings. The van der Waals surface area contributed by atoms with E-state index in [0.717, 1.165) is 18.4 Å². The van der Waals surface area contributed by atoms with E-state index in [0.29, 0.717) is 30.5 Å². The minimum atomic E-state index is 0.107. The number of nitrogens with one attached hydrogen (secondary N) is 1. The highest BCUT2D eigenvalue weighted by atomic mass is 15.2. The van der Waals surface area contributed by atoms with Gasteiger partial charge in [-0.25, -0.2) is 0 Å². The first-order valence-electron chi connectivity index (χ1n) is 13.0. The average molecular weight is 460 g/mol. The Labute approximate surface area is 209 Å². The third kappa shape index (κ3) is 3.60. The number of anilines is 1. The summed E-state index contributed by atoms with van der Waals surface area (Å²) in [5, 5.41) is 13.0. The van der Waals surface area contributed by atoms with Gasteiger partial charge >= 0.3 is 0 Å². The standard InChI is InChI=1S/C32H33N3/c1-4-24(27-16-22-15-23(22)17-28(27)29-14-21(18-33)19-34-29)20(3)30(5-2)35-31-12-8-6-10-25(31)26-11-7-9-13-32(26)35/h4,6-14,16-17,20,25,29-31,34H,5,15,19H2,1-3H3/b24-4+. The molecule has 1 N–H and O–H groups in total. The van der Waals surface area contributed by atoms with Crippen LogP contribution in [0.3, 0.4) is 0 Å². The summed E-state index contributed by atoms with van der Waals surface area (Å²) >= 11 is 0. The number of fused-ring (bicyclic) bond motifs is 4. The van der Waals surface area contributed by atoms with Gasteiger partial charge in [0.05, 0.1) is 18.2 Å². The molecular formula is C32H33N3. The van der Waals surface area contributed by atoms with Crippen LogP contribution in [-0.4, -0.2) is 18.6 Å². The van der Waals surface area contributed by atoms with Crippen LogP contribution < -0.4 is 10.2 Å². The summed E-state index contributed by atoms with van der Waals surface area (Å²) < 4.78 is 0. The molecular weight excluding hydrogens is 426 g/mol. The van der Waals surface area contributed by atoms with E-state index in [2.05, 4.69) is 110 Å². The molecule has 2 aliphatic carbocycles. The first-order chi connectivity index (χ1) is 17.1. The van der Waals surface area contributed by atoms with Gasteiger partial charge < -0.3 is 10.2 Å². The van der Waals surface area contributed by atoms with Crippen molar-refractivity contribution in [1.82, 2.24) is 5.32 Å². The summed E-state index contributed by atoms with van der Waals surface area (Å²) in [6, 6.07) is 17.0. The topological polar surface area (TPSA) is 39.1 Å². The van der Waals surface area contributed by atoms with Crippen LogP contribution >= 0.6 is 0 Å². The highest BCUT2D eigenvalue weighted by Crippen LogP contribution is 2.48. The summed E-state index contributed by atoms with van der Waals surface area (Å²) in [5.74, 6) is 0.778. The van der Waals surface area contributed by atoms with Gasteiger partial charge in [0.15, 0.2) is 0 Å². The summed E-state index contributed by atoms with van der Waals surface area (Å²) in [5.41, 5.74) is 10.7. The summed E-state index contributed by atoms with van der Waals surface area (Å²) in [6.07, 6.45) is 15.8. The van der Waals surface area contributed by atoms with Gasteiger partial charge in [0.2, 0.25) is 0 Å². The van der Waals surface area contributed by atoms with E-state index >= 15 is 0 Å². The molecule has 0 fully saturated rings. The van der Waals surface area contributed by atoms with Crippen molar-refractivity contribution in [2.24, 2.45) is 5.92 Å². The number of hydrogen-bond acceptors (Lipinski definition) is 3. The fourth-order valence-corrected chi connectivity index (χ4v) is 6.67. The lowest BCUT2D eigenvalue weighted by Crippen LogP contribution is -2.45. The summed E-state index contributed by atoms with van der Waals surface area (Å²) in [4.78, 5) is 2.70. The predicted molar refractivity (Wildman–Crippen MR) is 144 cm³/mol. The highest BCUT2D eigenvalue weighted by Gasteiger charge is 2.41. The second-order valence-corrected chi connectivity index (χ2v) is 10.3. The van der Waals surface area contributed by atoms with E-state index in [1.165, 1.54) is 39.1 Å². The van der Waals surface area contributed by atoms with Crippen molar-refractivity contribution in [2.45, 2.75) is 57.7 Å². The maximum atomic E-state index is 9.42. The molecule has 0 amide bonds. The van der Waals surface area contributed by atoms with E-state index in [9.17, 15) is 5.26 Å². The van der Waals surface area contributed by atoms with Gasteiger partial charge in [0, 0.05) is 35.7 Å². The lowest BCUT2D eigenvalue weighted by molar-refractivity contribution is 0.464. The Balaban J connectivity index is 1.39. The van der Waals surface area contributed by atoms with E-state index in [4.69, 9.17) is 0 Å². The molecule has 35 heavy (non-hydrogen) atoms. The van der Waals surface area contributed by atoms with Crippen LogP contribution in [0.25, 0.3) is 5.57 Å². The van der Waals surface area contributed by atoms with E-state index in [-0.39, 0.29) is 6.04 Å². The SMILES string of the molecule is C/C=C(/c1cc2c(cc1C1C=C(C#N)CN1)C2)C(C)C(CC)N1c2ccccc2C2C=CC=CC21. The van der Waals surface area contributed by atoms with Crippen molar-refractivity contribution >= 4 is 11.3 Å². The van der Waals surface area contributed by atoms with Crippen LogP contribution in [0.2, 0.25) is 0 Å². The molecule has 5 atom stereocenters. The molecule has 0 saturated heterocycles. The zero-order valence-corrected chi connectivity index (χ0v) is 20.8. The molecule has 2 aromatic rings. The highest BCUT2D eigenvalue weighted by molar-refractivity contribution is 5.76. The second-order valence-electron chi connectivity index (χ2n) is 10.3. The molecule has 5 unspecified atom stereocenters. The molecule has 3 nitrogen and oxygen atoms in total. The Hall–Kier alpha value is -3.35. The van der Waals surface area contributed by atoms with E-state index in [1.807, 2.05) is 0 Å². The number of benzene rings is 2. The quantitative estimate of drug-likeness (QED) is 0.451. The number of allylic oxidation sites excluding steroid dienone is 3. The number of nitrogens with zero attached hydrogens (tertiary/aromatic N) is 2. The lowest BCUT2D eigenvalue weighted by atomic mass is 9.82. The fourth-order valence-electron chi connectivity index (χ4n) is 6.67. The molecule has 2 heterocycles. The van der Waals surface area contributed by atoms with Gasteiger partial charge in [-0.15, -0.1) is 0 Å². The van der Waals surface area contributed by atoms with Crippen molar-refractivity contribution in [1.29, 1.82) is 5.26 Å². The number of rotatable bonds is 6. The Bertz CT molecular complexity index is 1340. The summed E-state index contributed by atoms with van der Waals surface area (Å²) in [6.45, 7) is 7.59. The van der Waals surface area contributed by atoms with Crippen molar-refractivity contribution in [3.63, 3.8) is 0 Å². The van der Waals surface area contributed by atoms with Crippen LogP contribution in [-0.2, 0) is 6.42 Å². The minimum Gasteiger partial charge on any atom is -0.360 e. The van der Waals surface area contributed by atoms with E-state index < -0.39 is 0 Å². The Morgan fingerprint density at radius 1 is 1.17 bits per heavy atom. The zero-order valence-electron chi connectivity index (χ0n) is 20.8. The molecule has 0 saturated carbocycles. The van der Waals surface area contributed by atoms with Crippen LogP contribution in [0.1, 0.15) is 67.0 Å².